The molecule has 1 saturated heterocycles. The van der Waals surface area contributed by atoms with Gasteiger partial charge >= 0.3 is 0 Å². The first kappa shape index (κ1) is 14.7. The van der Waals surface area contributed by atoms with Crippen LogP contribution < -0.4 is 16.0 Å². The molecule has 2 aromatic rings. The van der Waals surface area contributed by atoms with Crippen LogP contribution in [0.1, 0.15) is 23.2 Å². The Morgan fingerprint density at radius 2 is 2.00 bits per heavy atom. The smallest absolute Gasteiger partial charge is 0.257 e. The monoisotopic (exact) mass is 316 g/mol. The van der Waals surface area contributed by atoms with Crippen LogP contribution in [0.3, 0.4) is 0 Å². The zero-order valence-corrected chi connectivity index (χ0v) is 12.8. The lowest BCUT2D eigenvalue weighted by molar-refractivity contribution is 0.102. The van der Waals surface area contributed by atoms with Crippen molar-refractivity contribution in [2.75, 3.05) is 29.0 Å². The number of rotatable bonds is 3. The molecule has 1 amide bonds. The minimum absolute atomic E-state index is 0.277. The fraction of sp³-hybridized carbons (Fsp3) is 0.250. The van der Waals surface area contributed by atoms with Crippen molar-refractivity contribution < 1.29 is 4.79 Å². The van der Waals surface area contributed by atoms with E-state index >= 15 is 0 Å². The van der Waals surface area contributed by atoms with Crippen molar-refractivity contribution in [3.63, 3.8) is 0 Å². The summed E-state index contributed by atoms with van der Waals surface area (Å²) in [5.41, 5.74) is 7.18. The first-order valence-corrected chi connectivity index (χ1v) is 7.59. The lowest BCUT2D eigenvalue weighted by Crippen LogP contribution is -2.19. The highest BCUT2D eigenvalue weighted by Crippen LogP contribution is 2.22. The van der Waals surface area contributed by atoms with Crippen LogP contribution in [0.15, 0.2) is 36.5 Å². The highest BCUT2D eigenvalue weighted by atomic mass is 35.5. The summed E-state index contributed by atoms with van der Waals surface area (Å²) < 4.78 is 0. The average Bonchev–Trinajstić information content (AvgIpc) is 3.02. The summed E-state index contributed by atoms with van der Waals surface area (Å²) in [6.07, 6.45) is 4.07. The Balaban J connectivity index is 1.71. The van der Waals surface area contributed by atoms with Crippen molar-refractivity contribution >= 4 is 34.7 Å². The van der Waals surface area contributed by atoms with Crippen molar-refractivity contribution in [3.05, 3.63) is 47.1 Å². The van der Waals surface area contributed by atoms with Gasteiger partial charge < -0.3 is 16.0 Å². The van der Waals surface area contributed by atoms with Crippen LogP contribution in [-0.2, 0) is 0 Å². The van der Waals surface area contributed by atoms with Crippen molar-refractivity contribution in [1.82, 2.24) is 4.98 Å². The molecule has 6 heteroatoms. The van der Waals surface area contributed by atoms with E-state index in [-0.39, 0.29) is 5.91 Å². The molecule has 0 saturated carbocycles. The van der Waals surface area contributed by atoms with E-state index in [0.29, 0.717) is 22.0 Å². The summed E-state index contributed by atoms with van der Waals surface area (Å²) >= 11 is 6.04. The summed E-state index contributed by atoms with van der Waals surface area (Å²) in [5.74, 6) is 0.668. The van der Waals surface area contributed by atoms with Gasteiger partial charge in [0.25, 0.3) is 5.91 Å². The highest BCUT2D eigenvalue weighted by molar-refractivity contribution is 6.34. The van der Waals surface area contributed by atoms with E-state index in [4.69, 9.17) is 17.3 Å². The molecule has 3 N–H and O–H groups in total. The van der Waals surface area contributed by atoms with Crippen LogP contribution in [0.25, 0.3) is 0 Å². The molecule has 1 aliphatic heterocycles. The van der Waals surface area contributed by atoms with E-state index in [1.807, 2.05) is 12.1 Å². The number of nitrogen functional groups attached to an aromatic ring is 1. The molecule has 22 heavy (non-hydrogen) atoms. The van der Waals surface area contributed by atoms with E-state index in [2.05, 4.69) is 15.2 Å². The maximum absolute atomic E-state index is 12.2. The number of aromatic nitrogens is 1. The van der Waals surface area contributed by atoms with Gasteiger partial charge in [0.15, 0.2) is 0 Å². The van der Waals surface area contributed by atoms with Crippen molar-refractivity contribution in [1.29, 1.82) is 0 Å². The van der Waals surface area contributed by atoms with Crippen molar-refractivity contribution in [2.45, 2.75) is 12.8 Å². The third-order valence-corrected chi connectivity index (χ3v) is 3.99. The van der Waals surface area contributed by atoms with Gasteiger partial charge in [-0.25, -0.2) is 4.98 Å². The minimum atomic E-state index is -0.277. The van der Waals surface area contributed by atoms with Gasteiger partial charge in [0.05, 0.1) is 22.5 Å². The summed E-state index contributed by atoms with van der Waals surface area (Å²) in [6.45, 7) is 2.08. The molecule has 0 unspecified atom stereocenters. The quantitative estimate of drug-likeness (QED) is 0.853. The Morgan fingerprint density at radius 1 is 1.23 bits per heavy atom. The normalized spacial score (nSPS) is 14.1. The Kier molecular flexibility index (Phi) is 4.15. The standard InChI is InChI=1S/C16H17ClN4O/c17-14-9-11(18)3-5-13(14)16(22)20-12-4-6-15(19-10-12)21-7-1-2-8-21/h3-6,9-10H,1-2,7-8,18H2,(H,20,22). The molecule has 0 spiro atoms. The van der Waals surface area contributed by atoms with Gasteiger partial charge in [0.1, 0.15) is 5.82 Å². The second kappa shape index (κ2) is 6.23. The van der Waals surface area contributed by atoms with Gasteiger partial charge in [0.2, 0.25) is 0 Å². The van der Waals surface area contributed by atoms with E-state index in [9.17, 15) is 4.79 Å². The molecule has 3 rings (SSSR count). The number of carbonyl (C=O) groups is 1. The zero-order valence-electron chi connectivity index (χ0n) is 12.1. The molecular weight excluding hydrogens is 300 g/mol. The SMILES string of the molecule is Nc1ccc(C(=O)Nc2ccc(N3CCCC3)nc2)c(Cl)c1. The summed E-state index contributed by atoms with van der Waals surface area (Å²) in [6, 6.07) is 8.59. The van der Waals surface area contributed by atoms with Gasteiger partial charge in [-0.05, 0) is 43.2 Å². The molecule has 114 valence electrons. The Hall–Kier alpha value is -2.27. The van der Waals surface area contributed by atoms with E-state index in [1.54, 1.807) is 24.4 Å². The van der Waals surface area contributed by atoms with Gasteiger partial charge in [-0.3, -0.25) is 4.79 Å². The number of hydrogen-bond donors (Lipinski definition) is 2. The van der Waals surface area contributed by atoms with Gasteiger partial charge in [-0.2, -0.15) is 0 Å². The zero-order chi connectivity index (χ0) is 15.5. The molecule has 2 heterocycles. The van der Waals surface area contributed by atoms with Crippen LogP contribution in [0.4, 0.5) is 17.2 Å². The number of anilines is 3. The second-order valence-corrected chi connectivity index (χ2v) is 5.70. The molecule has 1 aromatic heterocycles. The number of pyridine rings is 1. The van der Waals surface area contributed by atoms with Gasteiger partial charge in [-0.15, -0.1) is 0 Å². The largest absolute Gasteiger partial charge is 0.399 e. The third-order valence-electron chi connectivity index (χ3n) is 3.67. The second-order valence-electron chi connectivity index (χ2n) is 5.29. The summed E-state index contributed by atoms with van der Waals surface area (Å²) in [5, 5.41) is 3.12. The van der Waals surface area contributed by atoms with E-state index in [0.717, 1.165) is 18.9 Å². The maximum Gasteiger partial charge on any atom is 0.257 e. The van der Waals surface area contributed by atoms with Crippen LogP contribution in [0.2, 0.25) is 5.02 Å². The lowest BCUT2D eigenvalue weighted by atomic mass is 10.2. The first-order valence-electron chi connectivity index (χ1n) is 7.21. The number of nitrogens with one attached hydrogen (secondary N) is 1. The number of nitrogens with two attached hydrogens (primary N) is 1. The van der Waals surface area contributed by atoms with E-state index < -0.39 is 0 Å². The molecule has 0 aliphatic carbocycles. The molecule has 0 atom stereocenters. The van der Waals surface area contributed by atoms with Crippen LogP contribution in [-0.4, -0.2) is 24.0 Å². The topological polar surface area (TPSA) is 71.2 Å². The number of benzene rings is 1. The third kappa shape index (κ3) is 3.14. The minimum Gasteiger partial charge on any atom is -0.399 e. The molecule has 1 aromatic carbocycles. The van der Waals surface area contributed by atoms with E-state index in [1.165, 1.54) is 12.8 Å². The summed E-state index contributed by atoms with van der Waals surface area (Å²) in [7, 11) is 0. The maximum atomic E-state index is 12.2. The Labute approximate surface area is 134 Å². The molecular formula is C16H17ClN4O. The predicted molar refractivity (Wildman–Crippen MR) is 89.5 cm³/mol. The van der Waals surface area contributed by atoms with Crippen molar-refractivity contribution in [3.8, 4) is 0 Å². The number of nitrogens with zero attached hydrogens (tertiary/aromatic N) is 2. The lowest BCUT2D eigenvalue weighted by Gasteiger charge is -2.16. The van der Waals surface area contributed by atoms with Gasteiger partial charge in [0, 0.05) is 18.8 Å². The first-order chi connectivity index (χ1) is 10.6. The number of hydrogen-bond acceptors (Lipinski definition) is 4. The number of halogens is 1. The average molecular weight is 317 g/mol. The fourth-order valence-electron chi connectivity index (χ4n) is 2.51. The molecule has 0 radical (unpaired) electrons. The molecule has 5 nitrogen and oxygen atoms in total. The Morgan fingerprint density at radius 3 is 2.64 bits per heavy atom. The predicted octanol–water partition coefficient (Wildman–Crippen LogP) is 3.17. The number of amides is 1. The molecule has 1 aliphatic rings. The molecule has 0 bridgehead atoms. The van der Waals surface area contributed by atoms with Gasteiger partial charge in [-0.1, -0.05) is 11.6 Å². The van der Waals surface area contributed by atoms with Crippen LogP contribution in [0.5, 0.6) is 0 Å². The van der Waals surface area contributed by atoms with Crippen LogP contribution in [0, 0.1) is 0 Å². The fourth-order valence-corrected chi connectivity index (χ4v) is 2.78. The van der Waals surface area contributed by atoms with Crippen molar-refractivity contribution in [2.24, 2.45) is 0 Å². The molecule has 1 fully saturated rings. The number of carbonyl (C=O) groups excluding carboxylic acids is 1. The Bertz CT molecular complexity index is 681. The highest BCUT2D eigenvalue weighted by Gasteiger charge is 2.14. The summed E-state index contributed by atoms with van der Waals surface area (Å²) in [4.78, 5) is 18.9. The van der Waals surface area contributed by atoms with Crippen LogP contribution >= 0.6 is 11.6 Å².